The predicted molar refractivity (Wildman–Crippen MR) is 78.0 cm³/mol. The van der Waals surface area contributed by atoms with E-state index in [0.717, 1.165) is 18.6 Å². The molecule has 1 aliphatic rings. The summed E-state index contributed by atoms with van der Waals surface area (Å²) < 4.78 is 0. The summed E-state index contributed by atoms with van der Waals surface area (Å²) in [6.45, 7) is 5.00. The molecule has 0 amide bonds. The third-order valence-electron chi connectivity index (χ3n) is 3.87. The van der Waals surface area contributed by atoms with Crippen molar-refractivity contribution in [1.29, 1.82) is 0 Å². The van der Waals surface area contributed by atoms with Crippen molar-refractivity contribution < 1.29 is 5.11 Å². The Morgan fingerprint density at radius 3 is 2.78 bits per heavy atom. The summed E-state index contributed by atoms with van der Waals surface area (Å²) in [6.07, 6.45) is 1.88. The van der Waals surface area contributed by atoms with Gasteiger partial charge in [0.2, 0.25) is 0 Å². The Labute approximate surface area is 114 Å². The molecule has 1 aromatic carbocycles. The van der Waals surface area contributed by atoms with Gasteiger partial charge in [-0.15, -0.1) is 11.8 Å². The second-order valence-corrected chi connectivity index (χ2v) is 6.02. The van der Waals surface area contributed by atoms with Crippen molar-refractivity contribution >= 4 is 11.8 Å². The highest BCUT2D eigenvalue weighted by atomic mass is 32.2. The van der Waals surface area contributed by atoms with Gasteiger partial charge in [-0.3, -0.25) is 0 Å². The Bertz CT molecular complexity index is 379. The van der Waals surface area contributed by atoms with Crippen LogP contribution in [-0.2, 0) is 0 Å². The Balaban J connectivity index is 1.89. The first-order valence-electron chi connectivity index (χ1n) is 6.89. The quantitative estimate of drug-likeness (QED) is 0.828. The highest BCUT2D eigenvalue weighted by Crippen LogP contribution is 2.37. The maximum atomic E-state index is 10.1. The summed E-state index contributed by atoms with van der Waals surface area (Å²) in [6, 6.07) is 8.95. The van der Waals surface area contributed by atoms with E-state index in [1.165, 1.54) is 10.5 Å². The lowest BCUT2D eigenvalue weighted by Gasteiger charge is -2.22. The van der Waals surface area contributed by atoms with Crippen molar-refractivity contribution in [2.75, 3.05) is 12.3 Å². The smallest absolute Gasteiger partial charge is 0.0692 e. The number of hydrogen-bond acceptors (Lipinski definition) is 3. The van der Waals surface area contributed by atoms with E-state index in [-0.39, 0.29) is 6.10 Å². The summed E-state index contributed by atoms with van der Waals surface area (Å²) in [5.74, 6) is 1.50. The van der Waals surface area contributed by atoms with Crippen LogP contribution in [0.1, 0.15) is 38.3 Å². The van der Waals surface area contributed by atoms with Gasteiger partial charge in [0.15, 0.2) is 0 Å². The van der Waals surface area contributed by atoms with Gasteiger partial charge in [0.25, 0.3) is 0 Å². The standard InChI is InChI=1S/C15H23NOS/c1-3-11(4-2)14(17)9-16-13-10-18-15-8-6-5-7-12(13)15/h5-8,11,13-14,16-17H,3-4,9-10H2,1-2H3. The van der Waals surface area contributed by atoms with Crippen LogP contribution in [0.5, 0.6) is 0 Å². The van der Waals surface area contributed by atoms with Gasteiger partial charge in [0.05, 0.1) is 6.10 Å². The number of hydrogen-bond donors (Lipinski definition) is 2. The summed E-state index contributed by atoms with van der Waals surface area (Å²) in [5, 5.41) is 13.7. The van der Waals surface area contributed by atoms with Gasteiger partial charge < -0.3 is 10.4 Å². The van der Waals surface area contributed by atoms with Crippen LogP contribution < -0.4 is 5.32 Å². The average Bonchev–Trinajstić information content (AvgIpc) is 2.81. The SMILES string of the molecule is CCC(CC)C(O)CNC1CSc2ccccc21. The normalized spacial score (nSPS) is 20.1. The van der Waals surface area contributed by atoms with Gasteiger partial charge in [-0.25, -0.2) is 0 Å². The van der Waals surface area contributed by atoms with E-state index in [4.69, 9.17) is 0 Å². The molecule has 0 bridgehead atoms. The van der Waals surface area contributed by atoms with Crippen molar-refractivity contribution in [3.8, 4) is 0 Å². The molecule has 2 rings (SSSR count). The highest BCUT2D eigenvalue weighted by molar-refractivity contribution is 7.99. The molecule has 100 valence electrons. The second kappa shape index (κ2) is 6.60. The molecule has 2 atom stereocenters. The molecule has 0 spiro atoms. The number of nitrogens with one attached hydrogen (secondary N) is 1. The van der Waals surface area contributed by atoms with Crippen LogP contribution in [0, 0.1) is 5.92 Å². The minimum Gasteiger partial charge on any atom is -0.392 e. The van der Waals surface area contributed by atoms with Crippen molar-refractivity contribution in [1.82, 2.24) is 5.32 Å². The van der Waals surface area contributed by atoms with E-state index in [9.17, 15) is 5.11 Å². The van der Waals surface area contributed by atoms with Crippen LogP contribution in [0.3, 0.4) is 0 Å². The van der Waals surface area contributed by atoms with Crippen LogP contribution in [0.15, 0.2) is 29.2 Å². The molecule has 1 heterocycles. The fourth-order valence-corrected chi connectivity index (χ4v) is 3.79. The molecular formula is C15H23NOS. The lowest BCUT2D eigenvalue weighted by molar-refractivity contribution is 0.0991. The predicted octanol–water partition coefficient (Wildman–Crippen LogP) is 3.22. The van der Waals surface area contributed by atoms with Gasteiger partial charge >= 0.3 is 0 Å². The van der Waals surface area contributed by atoms with Crippen molar-refractivity contribution in [2.24, 2.45) is 5.92 Å². The lowest BCUT2D eigenvalue weighted by Crippen LogP contribution is -2.34. The molecule has 0 radical (unpaired) electrons. The first-order valence-corrected chi connectivity index (χ1v) is 7.88. The topological polar surface area (TPSA) is 32.3 Å². The maximum absolute atomic E-state index is 10.1. The van der Waals surface area contributed by atoms with Crippen LogP contribution in [-0.4, -0.2) is 23.5 Å². The fraction of sp³-hybridized carbons (Fsp3) is 0.600. The van der Waals surface area contributed by atoms with Gasteiger partial charge in [0, 0.05) is 23.2 Å². The third-order valence-corrected chi connectivity index (χ3v) is 5.05. The number of aliphatic hydroxyl groups excluding tert-OH is 1. The lowest BCUT2D eigenvalue weighted by atomic mass is 9.96. The molecule has 0 aromatic heterocycles. The Kier molecular flexibility index (Phi) is 5.10. The molecule has 0 saturated carbocycles. The third kappa shape index (κ3) is 3.08. The maximum Gasteiger partial charge on any atom is 0.0692 e. The Hall–Kier alpha value is -0.510. The Morgan fingerprint density at radius 2 is 2.06 bits per heavy atom. The number of fused-ring (bicyclic) bond motifs is 1. The Morgan fingerprint density at radius 1 is 1.33 bits per heavy atom. The molecule has 18 heavy (non-hydrogen) atoms. The van der Waals surface area contributed by atoms with E-state index < -0.39 is 0 Å². The van der Waals surface area contributed by atoms with Gasteiger partial charge in [-0.05, 0) is 17.5 Å². The van der Waals surface area contributed by atoms with Crippen molar-refractivity contribution in [2.45, 2.75) is 43.7 Å². The minimum atomic E-state index is -0.224. The van der Waals surface area contributed by atoms with Crippen molar-refractivity contribution in [3.05, 3.63) is 29.8 Å². The van der Waals surface area contributed by atoms with E-state index in [2.05, 4.69) is 43.4 Å². The summed E-state index contributed by atoms with van der Waals surface area (Å²) >= 11 is 1.90. The zero-order valence-corrected chi connectivity index (χ0v) is 12.0. The molecule has 0 aliphatic carbocycles. The van der Waals surface area contributed by atoms with Crippen molar-refractivity contribution in [3.63, 3.8) is 0 Å². The average molecular weight is 265 g/mol. The van der Waals surface area contributed by atoms with E-state index in [1.807, 2.05) is 11.8 Å². The second-order valence-electron chi connectivity index (χ2n) is 4.95. The molecule has 0 saturated heterocycles. The van der Waals surface area contributed by atoms with Crippen LogP contribution in [0.25, 0.3) is 0 Å². The van der Waals surface area contributed by atoms with Crippen LogP contribution >= 0.6 is 11.8 Å². The number of aliphatic hydroxyl groups is 1. The van der Waals surface area contributed by atoms with Crippen LogP contribution in [0.4, 0.5) is 0 Å². The zero-order chi connectivity index (χ0) is 13.0. The zero-order valence-electron chi connectivity index (χ0n) is 11.2. The molecule has 1 aromatic rings. The van der Waals surface area contributed by atoms with Gasteiger partial charge in [-0.2, -0.15) is 0 Å². The van der Waals surface area contributed by atoms with E-state index in [0.29, 0.717) is 18.5 Å². The monoisotopic (exact) mass is 265 g/mol. The first-order chi connectivity index (χ1) is 8.76. The van der Waals surface area contributed by atoms with Gasteiger partial charge in [0.1, 0.15) is 0 Å². The van der Waals surface area contributed by atoms with Gasteiger partial charge in [-0.1, -0.05) is 44.9 Å². The molecule has 2 unspecified atom stereocenters. The highest BCUT2D eigenvalue weighted by Gasteiger charge is 2.24. The fourth-order valence-electron chi connectivity index (χ4n) is 2.59. The van der Waals surface area contributed by atoms with E-state index >= 15 is 0 Å². The summed E-state index contributed by atoms with van der Waals surface area (Å²) in [7, 11) is 0. The summed E-state index contributed by atoms with van der Waals surface area (Å²) in [5.41, 5.74) is 1.39. The minimum absolute atomic E-state index is 0.224. The number of thioether (sulfide) groups is 1. The molecule has 1 aliphatic heterocycles. The largest absolute Gasteiger partial charge is 0.392 e. The summed E-state index contributed by atoms with van der Waals surface area (Å²) in [4.78, 5) is 1.38. The molecule has 3 heteroatoms. The van der Waals surface area contributed by atoms with Crippen LogP contribution in [0.2, 0.25) is 0 Å². The molecular weight excluding hydrogens is 242 g/mol. The molecule has 2 N–H and O–H groups in total. The number of rotatable bonds is 6. The molecule has 0 fully saturated rings. The first kappa shape index (κ1) is 13.9. The van der Waals surface area contributed by atoms with E-state index in [1.54, 1.807) is 0 Å². The number of benzene rings is 1. The molecule has 2 nitrogen and oxygen atoms in total.